The fourth-order valence-electron chi connectivity index (χ4n) is 1.84. The molecule has 1 aliphatic carbocycles. The van der Waals surface area contributed by atoms with E-state index in [1.165, 1.54) is 0 Å². The lowest BCUT2D eigenvalue weighted by Crippen LogP contribution is -2.27. The number of piperidine rings is 1. The van der Waals surface area contributed by atoms with Crippen molar-refractivity contribution in [2.75, 3.05) is 13.1 Å². The first-order valence-electron chi connectivity index (χ1n) is 3.32. The highest BCUT2D eigenvalue weighted by Crippen LogP contribution is 2.51. The number of rotatable bonds is 0. The van der Waals surface area contributed by atoms with Crippen LogP contribution in [0.15, 0.2) is 0 Å². The van der Waals surface area contributed by atoms with Crippen molar-refractivity contribution < 1.29 is 0 Å². The molecule has 0 aromatic carbocycles. The van der Waals surface area contributed by atoms with Gasteiger partial charge in [0, 0.05) is 6.54 Å². The van der Waals surface area contributed by atoms with E-state index in [-0.39, 0.29) is 11.6 Å². The van der Waals surface area contributed by atoms with E-state index >= 15 is 0 Å². The summed E-state index contributed by atoms with van der Waals surface area (Å²) in [7, 11) is 0. The van der Waals surface area contributed by atoms with Crippen LogP contribution in [0.2, 0.25) is 0 Å². The first kappa shape index (κ1) is 6.47. The summed E-state index contributed by atoms with van der Waals surface area (Å²) in [6.07, 6.45) is 0. The quantitative estimate of drug-likeness (QED) is 0.476. The second-order valence-corrected chi connectivity index (χ2v) is 3.67. The maximum atomic E-state index is 5.75. The molecular formula is C6H10N3S+. The fraction of sp³-hybridized carbons (Fsp3) is 0.833. The van der Waals surface area contributed by atoms with Gasteiger partial charge in [0.15, 0.2) is 0 Å². The van der Waals surface area contributed by atoms with Gasteiger partial charge in [-0.05, 0) is 0 Å². The van der Waals surface area contributed by atoms with E-state index in [0.29, 0.717) is 5.92 Å². The molecule has 4 heteroatoms. The average molecular weight is 156 g/mol. The Kier molecular flexibility index (Phi) is 1.08. The van der Waals surface area contributed by atoms with Gasteiger partial charge < -0.3 is 5.73 Å². The van der Waals surface area contributed by atoms with Gasteiger partial charge in [0.05, 0.1) is 12.5 Å². The normalized spacial score (nSPS) is 52.1. The molecule has 0 radical (unpaired) electrons. The van der Waals surface area contributed by atoms with Crippen molar-refractivity contribution in [2.45, 2.75) is 11.6 Å². The molecule has 0 amide bonds. The maximum absolute atomic E-state index is 5.75. The van der Waals surface area contributed by atoms with Crippen LogP contribution >= 0.6 is 12.8 Å². The molecule has 0 aromatic heterocycles. The van der Waals surface area contributed by atoms with Gasteiger partial charge in [0.2, 0.25) is 0 Å². The Bertz CT molecular complexity index is 212. The highest BCUT2D eigenvalue weighted by atomic mass is 32.1. The molecule has 0 bridgehead atoms. The molecule has 1 saturated carbocycles. The lowest BCUT2D eigenvalue weighted by Gasteiger charge is -2.06. The molecule has 0 spiro atoms. The summed E-state index contributed by atoms with van der Waals surface area (Å²) >= 11 is 4.19. The summed E-state index contributed by atoms with van der Waals surface area (Å²) in [6.45, 7) is 6.97. The third-order valence-electron chi connectivity index (χ3n) is 2.63. The van der Waals surface area contributed by atoms with Gasteiger partial charge in [0.25, 0.3) is 6.57 Å². The van der Waals surface area contributed by atoms with Gasteiger partial charge >= 0.3 is 5.54 Å². The van der Waals surface area contributed by atoms with Gasteiger partial charge in [-0.25, -0.2) is 4.31 Å². The zero-order chi connectivity index (χ0) is 7.35. The zero-order valence-corrected chi connectivity index (χ0v) is 6.46. The summed E-state index contributed by atoms with van der Waals surface area (Å²) in [5.74, 6) is 0.454. The standard InChI is InChI=1S/C6H10N3S/c1-8-6-3-9(10)2-4(6)5(6)7/h1,4-5,10H,2-3,7H2/q+1/t4-,5?,6+/m0/s1. The zero-order valence-electron chi connectivity index (χ0n) is 5.57. The second kappa shape index (κ2) is 1.67. The fourth-order valence-corrected chi connectivity index (χ4v) is 2.24. The summed E-state index contributed by atoms with van der Waals surface area (Å²) in [5, 5.41) is 0. The van der Waals surface area contributed by atoms with Gasteiger partial charge in [-0.3, -0.25) is 0 Å². The number of thiol groups is 1. The van der Waals surface area contributed by atoms with Crippen LogP contribution in [-0.2, 0) is 0 Å². The Balaban J connectivity index is 2.20. The van der Waals surface area contributed by atoms with E-state index in [1.807, 2.05) is 4.31 Å². The molecule has 2 N–H and O–H groups in total. The van der Waals surface area contributed by atoms with Crippen LogP contribution < -0.4 is 5.73 Å². The summed E-state index contributed by atoms with van der Waals surface area (Å²) in [4.78, 5) is 3.81. The third kappa shape index (κ3) is 0.534. The Morgan fingerprint density at radius 3 is 2.90 bits per heavy atom. The molecule has 0 aromatic rings. The highest BCUT2D eigenvalue weighted by molar-refractivity contribution is 7.77. The van der Waals surface area contributed by atoms with Crippen LogP contribution in [0, 0.1) is 12.5 Å². The van der Waals surface area contributed by atoms with E-state index < -0.39 is 0 Å². The molecule has 2 fully saturated rings. The maximum Gasteiger partial charge on any atom is 0.315 e. The minimum Gasteiger partial charge on any atom is -0.320 e. The SMILES string of the molecule is C#[N+][C@]12CN(S)C[C@H]1C2N. The lowest BCUT2D eigenvalue weighted by molar-refractivity contribution is 0.499. The van der Waals surface area contributed by atoms with Gasteiger partial charge in [-0.2, -0.15) is 0 Å². The van der Waals surface area contributed by atoms with Crippen LogP contribution in [-0.4, -0.2) is 29.0 Å². The monoisotopic (exact) mass is 156 g/mol. The number of hydrogen-bond acceptors (Lipinski definition) is 3. The van der Waals surface area contributed by atoms with Crippen LogP contribution in [0.1, 0.15) is 0 Å². The Labute approximate surface area is 65.5 Å². The van der Waals surface area contributed by atoms with Crippen LogP contribution in [0.5, 0.6) is 0 Å². The van der Waals surface area contributed by atoms with Gasteiger partial charge in [-0.1, -0.05) is 17.7 Å². The Morgan fingerprint density at radius 1 is 1.80 bits per heavy atom. The molecule has 10 heavy (non-hydrogen) atoms. The van der Waals surface area contributed by atoms with E-state index in [1.54, 1.807) is 0 Å². The average Bonchev–Trinajstić information content (AvgIpc) is 2.36. The molecule has 1 unspecified atom stereocenters. The van der Waals surface area contributed by atoms with Crippen molar-refractivity contribution in [3.8, 4) is 6.57 Å². The molecule has 54 valence electrons. The van der Waals surface area contributed by atoms with Gasteiger partial charge in [0.1, 0.15) is 6.04 Å². The number of nitrogens with zero attached hydrogens (tertiary/aromatic N) is 2. The van der Waals surface area contributed by atoms with E-state index in [9.17, 15) is 0 Å². The van der Waals surface area contributed by atoms with Crippen molar-refractivity contribution in [2.24, 2.45) is 11.7 Å². The Morgan fingerprint density at radius 2 is 2.50 bits per heavy atom. The molecule has 1 heterocycles. The van der Waals surface area contributed by atoms with Crippen molar-refractivity contribution in [1.82, 2.24) is 4.31 Å². The van der Waals surface area contributed by atoms with Crippen molar-refractivity contribution in [3.63, 3.8) is 0 Å². The lowest BCUT2D eigenvalue weighted by atomic mass is 10.3. The Hall–Kier alpha value is -0.240. The second-order valence-electron chi connectivity index (χ2n) is 3.10. The topological polar surface area (TPSA) is 33.6 Å². The van der Waals surface area contributed by atoms with Crippen molar-refractivity contribution >= 4 is 12.8 Å². The predicted molar refractivity (Wildman–Crippen MR) is 43.1 cm³/mol. The number of hydrogen-bond donors (Lipinski definition) is 2. The summed E-state index contributed by atoms with van der Waals surface area (Å²) in [6, 6.07) is 0.181. The summed E-state index contributed by atoms with van der Waals surface area (Å²) < 4.78 is 1.92. The highest BCUT2D eigenvalue weighted by Gasteiger charge is 2.78. The minimum absolute atomic E-state index is 0.137. The molecule has 1 saturated heterocycles. The minimum atomic E-state index is -0.137. The molecule has 3 atom stereocenters. The van der Waals surface area contributed by atoms with E-state index in [0.717, 1.165) is 13.1 Å². The number of nitrogens with two attached hydrogens (primary N) is 1. The molecule has 1 aliphatic heterocycles. The summed E-state index contributed by atoms with van der Waals surface area (Å²) in [5.41, 5.74) is 5.61. The van der Waals surface area contributed by atoms with Crippen molar-refractivity contribution in [3.05, 3.63) is 4.85 Å². The van der Waals surface area contributed by atoms with Crippen molar-refractivity contribution in [1.29, 1.82) is 0 Å². The largest absolute Gasteiger partial charge is 0.320 e. The third-order valence-corrected chi connectivity index (χ3v) is 2.93. The molecule has 2 rings (SSSR count). The number of fused-ring (bicyclic) bond motifs is 1. The van der Waals surface area contributed by atoms with Gasteiger partial charge in [-0.15, -0.1) is 0 Å². The first-order valence-corrected chi connectivity index (χ1v) is 3.72. The smallest absolute Gasteiger partial charge is 0.315 e. The molecular weight excluding hydrogens is 146 g/mol. The first-order chi connectivity index (χ1) is 4.70. The molecule has 2 aliphatic rings. The molecule has 3 nitrogen and oxygen atoms in total. The van der Waals surface area contributed by atoms with E-state index in [2.05, 4.69) is 17.7 Å². The van der Waals surface area contributed by atoms with Crippen LogP contribution in [0.3, 0.4) is 0 Å². The van der Waals surface area contributed by atoms with E-state index in [4.69, 9.17) is 12.3 Å². The van der Waals surface area contributed by atoms with Crippen LogP contribution in [0.4, 0.5) is 0 Å². The van der Waals surface area contributed by atoms with Crippen LogP contribution in [0.25, 0.3) is 4.85 Å². The predicted octanol–water partition coefficient (Wildman–Crippen LogP) is -0.195.